The molecule has 3 rings (SSSR count). The Bertz CT molecular complexity index is 860. The van der Waals surface area contributed by atoms with Crippen LogP contribution < -0.4 is 4.72 Å². The molecule has 0 aliphatic carbocycles. The lowest BCUT2D eigenvalue weighted by Crippen LogP contribution is -2.49. The summed E-state index contributed by atoms with van der Waals surface area (Å²) >= 11 is 6.12. The third-order valence-corrected chi connectivity index (χ3v) is 6.77. The molecular formula is C19H27ClN4O2S. The molecule has 1 atom stereocenters. The van der Waals surface area contributed by atoms with Gasteiger partial charge in [0.2, 0.25) is 10.0 Å². The number of aromatic nitrogens is 1. The first-order chi connectivity index (χ1) is 12.9. The third kappa shape index (κ3) is 5.33. The number of hydrogen-bond acceptors (Lipinski definition) is 4. The van der Waals surface area contributed by atoms with Gasteiger partial charge in [-0.1, -0.05) is 29.8 Å². The molecule has 148 valence electrons. The smallest absolute Gasteiger partial charge is 0.215 e. The summed E-state index contributed by atoms with van der Waals surface area (Å²) < 4.78 is 30.2. The Balaban J connectivity index is 1.72. The first-order valence-electron chi connectivity index (χ1n) is 9.10. The van der Waals surface area contributed by atoms with Crippen molar-refractivity contribution in [2.45, 2.75) is 11.8 Å². The molecule has 0 saturated carbocycles. The molecule has 0 amide bonds. The quantitative estimate of drug-likeness (QED) is 0.759. The number of nitrogens with zero attached hydrogens (tertiary/aromatic N) is 3. The van der Waals surface area contributed by atoms with Gasteiger partial charge in [0.05, 0.1) is 11.8 Å². The van der Waals surface area contributed by atoms with Crippen LogP contribution in [0.4, 0.5) is 0 Å². The molecule has 1 aliphatic heterocycles. The van der Waals surface area contributed by atoms with Crippen LogP contribution in [0.25, 0.3) is 0 Å². The maximum Gasteiger partial charge on any atom is 0.215 e. The van der Waals surface area contributed by atoms with Gasteiger partial charge in [-0.3, -0.25) is 4.90 Å². The monoisotopic (exact) mass is 410 g/mol. The highest BCUT2D eigenvalue weighted by Gasteiger charge is 2.27. The summed E-state index contributed by atoms with van der Waals surface area (Å²) in [5.41, 5.74) is 1.72. The van der Waals surface area contributed by atoms with E-state index in [1.165, 1.54) is 0 Å². The standard InChI is InChI=1S/C19H27ClN4O2S/c1-22-10-12-24(13-11-22)19(18-8-5-9-23(18)2)14-21-27(25,26)15-16-6-3-4-7-17(16)20/h3-9,19,21H,10-15H2,1-2H3. The highest BCUT2D eigenvalue weighted by atomic mass is 35.5. The first-order valence-corrected chi connectivity index (χ1v) is 11.1. The second-order valence-electron chi connectivity index (χ2n) is 7.10. The largest absolute Gasteiger partial charge is 0.353 e. The van der Waals surface area contributed by atoms with Gasteiger partial charge >= 0.3 is 0 Å². The van der Waals surface area contributed by atoms with Crippen molar-refractivity contribution in [3.8, 4) is 0 Å². The van der Waals surface area contributed by atoms with E-state index >= 15 is 0 Å². The summed E-state index contributed by atoms with van der Waals surface area (Å²) in [4.78, 5) is 4.65. The predicted molar refractivity (Wildman–Crippen MR) is 109 cm³/mol. The zero-order valence-corrected chi connectivity index (χ0v) is 17.4. The second kappa shape index (κ2) is 8.75. The molecule has 6 nitrogen and oxygen atoms in total. The molecule has 1 saturated heterocycles. The molecule has 0 bridgehead atoms. The van der Waals surface area contributed by atoms with Crippen molar-refractivity contribution in [2.24, 2.45) is 7.05 Å². The Labute approximate surface area is 166 Å². The molecule has 1 aliphatic rings. The van der Waals surface area contributed by atoms with E-state index in [2.05, 4.69) is 32.2 Å². The molecular weight excluding hydrogens is 384 g/mol. The van der Waals surface area contributed by atoms with Crippen LogP contribution in [0.15, 0.2) is 42.6 Å². The van der Waals surface area contributed by atoms with Gasteiger partial charge in [0.25, 0.3) is 0 Å². The van der Waals surface area contributed by atoms with Crippen molar-refractivity contribution in [3.05, 3.63) is 58.9 Å². The SMILES string of the molecule is CN1CCN(C(CNS(=O)(=O)Cc2ccccc2Cl)c2cccn2C)CC1. The van der Waals surface area contributed by atoms with Crippen LogP contribution in [-0.4, -0.2) is 62.6 Å². The summed E-state index contributed by atoms with van der Waals surface area (Å²) in [5, 5.41) is 0.473. The number of benzene rings is 1. The maximum atomic E-state index is 12.6. The Morgan fingerprint density at radius 2 is 1.78 bits per heavy atom. The normalized spacial score (nSPS) is 17.9. The zero-order chi connectivity index (χ0) is 19.4. The van der Waals surface area contributed by atoms with E-state index in [-0.39, 0.29) is 11.8 Å². The van der Waals surface area contributed by atoms with E-state index in [0.717, 1.165) is 31.9 Å². The predicted octanol–water partition coefficient (Wildman–Crippen LogP) is 2.09. The summed E-state index contributed by atoms with van der Waals surface area (Å²) in [6, 6.07) is 11.1. The Morgan fingerprint density at radius 1 is 1.07 bits per heavy atom. The Kier molecular flexibility index (Phi) is 6.60. The molecule has 1 fully saturated rings. The lowest BCUT2D eigenvalue weighted by Gasteiger charge is -2.38. The highest BCUT2D eigenvalue weighted by Crippen LogP contribution is 2.23. The van der Waals surface area contributed by atoms with Crippen molar-refractivity contribution < 1.29 is 8.42 Å². The minimum absolute atomic E-state index is 0.000259. The van der Waals surface area contributed by atoms with E-state index in [9.17, 15) is 8.42 Å². The summed E-state index contributed by atoms with van der Waals surface area (Å²) in [7, 11) is 0.623. The van der Waals surface area contributed by atoms with Crippen LogP contribution in [-0.2, 0) is 22.8 Å². The van der Waals surface area contributed by atoms with Crippen LogP contribution in [0, 0.1) is 0 Å². The van der Waals surface area contributed by atoms with Crippen molar-refractivity contribution >= 4 is 21.6 Å². The number of likely N-dealkylation sites (N-methyl/N-ethyl adjacent to an activating group) is 1. The molecule has 1 aromatic carbocycles. The van der Waals surface area contributed by atoms with Crippen LogP contribution in [0.5, 0.6) is 0 Å². The minimum Gasteiger partial charge on any atom is -0.353 e. The van der Waals surface area contributed by atoms with Crippen molar-refractivity contribution in [3.63, 3.8) is 0 Å². The average Bonchev–Trinajstić information content (AvgIpc) is 3.04. The van der Waals surface area contributed by atoms with Gasteiger partial charge < -0.3 is 9.47 Å². The number of hydrogen-bond donors (Lipinski definition) is 1. The Hall–Kier alpha value is -1.38. The lowest BCUT2D eigenvalue weighted by molar-refractivity contribution is 0.109. The zero-order valence-electron chi connectivity index (χ0n) is 15.8. The minimum atomic E-state index is -3.49. The molecule has 2 aromatic rings. The van der Waals surface area contributed by atoms with Crippen LogP contribution in [0.1, 0.15) is 17.3 Å². The summed E-state index contributed by atoms with van der Waals surface area (Å²) in [6.45, 7) is 4.13. The molecule has 0 radical (unpaired) electrons. The highest BCUT2D eigenvalue weighted by molar-refractivity contribution is 7.88. The van der Waals surface area contributed by atoms with Gasteiger partial charge in [-0.05, 0) is 30.8 Å². The van der Waals surface area contributed by atoms with Gasteiger partial charge in [-0.15, -0.1) is 0 Å². The van der Waals surface area contributed by atoms with Gasteiger partial charge in [0.15, 0.2) is 0 Å². The summed E-state index contributed by atoms with van der Waals surface area (Å²) in [6.07, 6.45) is 2.00. The van der Waals surface area contributed by atoms with Gasteiger partial charge in [0.1, 0.15) is 0 Å². The van der Waals surface area contributed by atoms with E-state index in [1.807, 2.05) is 19.3 Å². The topological polar surface area (TPSA) is 57.6 Å². The van der Waals surface area contributed by atoms with Crippen LogP contribution >= 0.6 is 11.6 Å². The van der Waals surface area contributed by atoms with Crippen LogP contribution in [0.3, 0.4) is 0 Å². The maximum absolute atomic E-state index is 12.6. The second-order valence-corrected chi connectivity index (χ2v) is 9.31. The molecule has 0 spiro atoms. The fourth-order valence-corrected chi connectivity index (χ4v) is 4.91. The van der Waals surface area contributed by atoms with E-state index < -0.39 is 10.0 Å². The lowest BCUT2D eigenvalue weighted by atomic mass is 10.1. The van der Waals surface area contributed by atoms with E-state index in [4.69, 9.17) is 11.6 Å². The fourth-order valence-electron chi connectivity index (χ4n) is 3.45. The molecule has 27 heavy (non-hydrogen) atoms. The molecule has 1 aromatic heterocycles. The number of piperazine rings is 1. The number of rotatable bonds is 7. The van der Waals surface area contributed by atoms with Crippen molar-refractivity contribution in [1.29, 1.82) is 0 Å². The number of halogens is 1. The van der Waals surface area contributed by atoms with Crippen molar-refractivity contribution in [2.75, 3.05) is 39.8 Å². The summed E-state index contributed by atoms with van der Waals surface area (Å²) in [5.74, 6) is -0.116. The van der Waals surface area contributed by atoms with Gasteiger partial charge in [-0.2, -0.15) is 0 Å². The van der Waals surface area contributed by atoms with E-state index in [0.29, 0.717) is 17.1 Å². The fraction of sp³-hybridized carbons (Fsp3) is 0.474. The molecule has 1 unspecified atom stereocenters. The first kappa shape index (κ1) is 20.4. The molecule has 2 heterocycles. The molecule has 8 heteroatoms. The van der Waals surface area contributed by atoms with Gasteiger partial charge in [-0.25, -0.2) is 13.1 Å². The Morgan fingerprint density at radius 3 is 2.41 bits per heavy atom. The van der Waals surface area contributed by atoms with E-state index in [1.54, 1.807) is 24.3 Å². The van der Waals surface area contributed by atoms with Crippen molar-refractivity contribution in [1.82, 2.24) is 19.1 Å². The molecule has 1 N–H and O–H groups in total. The number of aryl methyl sites for hydroxylation is 1. The van der Waals surface area contributed by atoms with Gasteiger partial charge in [0, 0.05) is 56.7 Å². The average molecular weight is 411 g/mol. The van der Waals surface area contributed by atoms with Crippen LogP contribution in [0.2, 0.25) is 5.02 Å². The number of sulfonamides is 1. The third-order valence-electron chi connectivity index (χ3n) is 5.10. The number of nitrogens with one attached hydrogen (secondary N) is 1.